The van der Waals surface area contributed by atoms with E-state index in [1.54, 1.807) is 25.0 Å². The molecule has 2 N–H and O–H groups in total. The zero-order valence-electron chi connectivity index (χ0n) is 11.2. The molecule has 1 aromatic carbocycles. The Morgan fingerprint density at radius 1 is 1.25 bits per heavy atom. The first-order chi connectivity index (χ1) is 9.67. The van der Waals surface area contributed by atoms with Crippen LogP contribution in [0.3, 0.4) is 0 Å². The summed E-state index contributed by atoms with van der Waals surface area (Å²) in [5, 5.41) is 8.01. The van der Waals surface area contributed by atoms with Crippen molar-refractivity contribution in [1.82, 2.24) is 10.7 Å². The molecule has 0 fully saturated rings. The molecule has 0 atom stereocenters. The monoisotopic (exact) mass is 305 g/mol. The fourth-order valence-electron chi connectivity index (χ4n) is 1.39. The second-order valence-corrected chi connectivity index (χ2v) is 5.51. The Balaban J connectivity index is 1.95. The maximum absolute atomic E-state index is 5.64. The van der Waals surface area contributed by atoms with E-state index in [2.05, 4.69) is 47.0 Å². The van der Waals surface area contributed by atoms with Crippen molar-refractivity contribution in [2.45, 2.75) is 16.9 Å². The van der Waals surface area contributed by atoms with E-state index >= 15 is 0 Å². The van der Waals surface area contributed by atoms with Crippen LogP contribution in [0.1, 0.15) is 11.3 Å². The highest BCUT2D eigenvalue weighted by atomic mass is 32.2. The Kier molecular flexibility index (Phi) is 5.20. The quantitative estimate of drug-likeness (QED) is 0.516. The lowest BCUT2D eigenvalue weighted by Crippen LogP contribution is -2.28. The maximum Gasteiger partial charge on any atom is 0.186 e. The van der Waals surface area contributed by atoms with Crippen molar-refractivity contribution in [1.29, 1.82) is 0 Å². The van der Waals surface area contributed by atoms with Gasteiger partial charge in [0.25, 0.3) is 0 Å². The average molecular weight is 305 g/mol. The van der Waals surface area contributed by atoms with Crippen LogP contribution >= 0.6 is 24.0 Å². The Hall–Kier alpha value is -1.79. The highest BCUT2D eigenvalue weighted by Gasteiger charge is 2.02. The highest BCUT2D eigenvalue weighted by Crippen LogP contribution is 2.28. The minimum absolute atomic E-state index is 0.460. The van der Waals surface area contributed by atoms with Crippen LogP contribution in [-0.4, -0.2) is 18.4 Å². The van der Waals surface area contributed by atoms with E-state index in [1.165, 1.54) is 5.56 Å². The largest absolute Gasteiger partial charge is 0.448 e. The van der Waals surface area contributed by atoms with Gasteiger partial charge in [-0.1, -0.05) is 29.5 Å². The Labute approximate surface area is 127 Å². The molecule has 0 aliphatic rings. The summed E-state index contributed by atoms with van der Waals surface area (Å²) in [6.07, 6.45) is 1.59. The van der Waals surface area contributed by atoms with Crippen LogP contribution in [0.2, 0.25) is 0 Å². The van der Waals surface area contributed by atoms with E-state index < -0.39 is 0 Å². The molecule has 0 unspecified atom stereocenters. The fourth-order valence-corrected chi connectivity index (χ4v) is 2.22. The minimum Gasteiger partial charge on any atom is -0.448 e. The number of thiocarbonyl (C=S) groups is 1. The third-order valence-corrected chi connectivity index (χ3v) is 3.65. The van der Waals surface area contributed by atoms with Gasteiger partial charge in [-0.3, -0.25) is 5.43 Å². The molecule has 0 saturated carbocycles. The number of rotatable bonds is 4. The van der Waals surface area contributed by atoms with Gasteiger partial charge < -0.3 is 9.73 Å². The van der Waals surface area contributed by atoms with E-state index in [-0.39, 0.29) is 0 Å². The summed E-state index contributed by atoms with van der Waals surface area (Å²) in [5.74, 6) is 0.672. The number of nitrogens with one attached hydrogen (secondary N) is 2. The van der Waals surface area contributed by atoms with Crippen LogP contribution in [-0.2, 0) is 0 Å². The van der Waals surface area contributed by atoms with Gasteiger partial charge >= 0.3 is 0 Å². The van der Waals surface area contributed by atoms with Crippen molar-refractivity contribution >= 4 is 35.3 Å². The Morgan fingerprint density at radius 2 is 2.00 bits per heavy atom. The molecule has 2 aromatic rings. The van der Waals surface area contributed by atoms with Crippen molar-refractivity contribution in [3.63, 3.8) is 0 Å². The van der Waals surface area contributed by atoms with Gasteiger partial charge in [0.05, 0.1) is 6.21 Å². The molecule has 6 heteroatoms. The number of benzene rings is 1. The van der Waals surface area contributed by atoms with Crippen molar-refractivity contribution in [3.8, 4) is 0 Å². The summed E-state index contributed by atoms with van der Waals surface area (Å²) in [5.41, 5.74) is 3.91. The number of aryl methyl sites for hydroxylation is 1. The van der Waals surface area contributed by atoms with E-state index in [0.717, 1.165) is 9.99 Å². The summed E-state index contributed by atoms with van der Waals surface area (Å²) in [6, 6.07) is 12.1. The molecule has 0 bridgehead atoms. The molecule has 0 amide bonds. The molecule has 0 radical (unpaired) electrons. The lowest BCUT2D eigenvalue weighted by molar-refractivity contribution is 0.469. The lowest BCUT2D eigenvalue weighted by Gasteiger charge is -1.99. The summed E-state index contributed by atoms with van der Waals surface area (Å²) in [6.45, 7) is 2.07. The number of nitrogens with zero attached hydrogens (tertiary/aromatic N) is 1. The van der Waals surface area contributed by atoms with Crippen LogP contribution in [0, 0.1) is 6.92 Å². The molecule has 2 rings (SSSR count). The third kappa shape index (κ3) is 4.40. The highest BCUT2D eigenvalue weighted by molar-refractivity contribution is 7.99. The number of hydrogen-bond donors (Lipinski definition) is 2. The molecule has 1 heterocycles. The zero-order chi connectivity index (χ0) is 14.4. The predicted molar refractivity (Wildman–Crippen MR) is 86.4 cm³/mol. The molecular weight excluding hydrogens is 290 g/mol. The molecule has 0 aliphatic heterocycles. The molecule has 0 aliphatic carbocycles. The molecule has 0 saturated heterocycles. The molecule has 4 nitrogen and oxygen atoms in total. The van der Waals surface area contributed by atoms with Crippen LogP contribution in [0.5, 0.6) is 0 Å². The smallest absolute Gasteiger partial charge is 0.186 e. The van der Waals surface area contributed by atoms with Gasteiger partial charge in [0, 0.05) is 11.9 Å². The molecule has 1 aromatic heterocycles. The first-order valence-corrected chi connectivity index (χ1v) is 7.25. The normalized spacial score (nSPS) is 10.7. The molecule has 0 spiro atoms. The lowest BCUT2D eigenvalue weighted by atomic mass is 10.2. The van der Waals surface area contributed by atoms with Crippen LogP contribution in [0.15, 0.2) is 55.9 Å². The average Bonchev–Trinajstić information content (AvgIpc) is 2.89. The summed E-state index contributed by atoms with van der Waals surface area (Å²) in [4.78, 5) is 1.14. The second-order valence-electron chi connectivity index (χ2n) is 4.02. The first kappa shape index (κ1) is 14.6. The topological polar surface area (TPSA) is 49.6 Å². The minimum atomic E-state index is 0.460. The van der Waals surface area contributed by atoms with E-state index in [9.17, 15) is 0 Å². The van der Waals surface area contributed by atoms with Crippen molar-refractivity contribution in [2.75, 3.05) is 7.05 Å². The maximum atomic E-state index is 5.64. The van der Waals surface area contributed by atoms with Crippen LogP contribution in [0.4, 0.5) is 0 Å². The van der Waals surface area contributed by atoms with Crippen LogP contribution < -0.4 is 10.7 Å². The van der Waals surface area contributed by atoms with Gasteiger partial charge in [-0.05, 0) is 43.4 Å². The van der Waals surface area contributed by atoms with Gasteiger partial charge in [-0.2, -0.15) is 5.10 Å². The van der Waals surface area contributed by atoms with Gasteiger partial charge in [-0.25, -0.2) is 0 Å². The standard InChI is InChI=1S/C14H15N3OS2/c1-10-3-6-12(7-4-10)20-13-8-5-11(18-13)9-16-17-14(19)15-2/h3-9H,1-2H3,(H2,15,17,19). The summed E-state index contributed by atoms with van der Waals surface area (Å²) in [7, 11) is 1.73. The number of hydrazone groups is 1. The first-order valence-electron chi connectivity index (χ1n) is 6.02. The number of hydrogen-bond acceptors (Lipinski definition) is 4. The third-order valence-electron chi connectivity index (χ3n) is 2.43. The zero-order valence-corrected chi connectivity index (χ0v) is 12.8. The van der Waals surface area contributed by atoms with Crippen molar-refractivity contribution < 1.29 is 4.42 Å². The summed E-state index contributed by atoms with van der Waals surface area (Å²) >= 11 is 6.48. The predicted octanol–water partition coefficient (Wildman–Crippen LogP) is 3.17. The SMILES string of the molecule is CNC(=S)NN=Cc1ccc(Sc2ccc(C)cc2)o1. The molecular formula is C14H15N3OS2. The number of furan rings is 1. The Bertz CT molecular complexity index is 605. The molecule has 104 valence electrons. The van der Waals surface area contributed by atoms with Gasteiger partial charge in [0.2, 0.25) is 0 Å². The summed E-state index contributed by atoms with van der Waals surface area (Å²) < 4.78 is 5.64. The van der Waals surface area contributed by atoms with Crippen molar-refractivity contribution in [2.24, 2.45) is 5.10 Å². The van der Waals surface area contributed by atoms with E-state index in [4.69, 9.17) is 16.6 Å². The Morgan fingerprint density at radius 3 is 2.70 bits per heavy atom. The van der Waals surface area contributed by atoms with E-state index in [0.29, 0.717) is 10.9 Å². The molecule has 20 heavy (non-hydrogen) atoms. The van der Waals surface area contributed by atoms with Gasteiger partial charge in [0.15, 0.2) is 10.2 Å². The van der Waals surface area contributed by atoms with Gasteiger partial charge in [-0.15, -0.1) is 0 Å². The fraction of sp³-hybridized carbons (Fsp3) is 0.143. The second kappa shape index (κ2) is 7.12. The van der Waals surface area contributed by atoms with Gasteiger partial charge in [0.1, 0.15) is 5.76 Å². The van der Waals surface area contributed by atoms with E-state index in [1.807, 2.05) is 12.1 Å². The van der Waals surface area contributed by atoms with Crippen molar-refractivity contribution in [3.05, 3.63) is 47.7 Å². The van der Waals surface area contributed by atoms with Crippen LogP contribution in [0.25, 0.3) is 0 Å².